The summed E-state index contributed by atoms with van der Waals surface area (Å²) >= 11 is 0. The van der Waals surface area contributed by atoms with E-state index in [4.69, 9.17) is 0 Å². The third-order valence-corrected chi connectivity index (χ3v) is 5.61. The van der Waals surface area contributed by atoms with Gasteiger partial charge in [0.15, 0.2) is 0 Å². The molecule has 0 aromatic rings. The fourth-order valence-electron chi connectivity index (χ4n) is 4.16. The molecule has 3 rings (SSSR count). The lowest BCUT2D eigenvalue weighted by molar-refractivity contribution is 0.0950. The van der Waals surface area contributed by atoms with E-state index in [1.807, 2.05) is 0 Å². The van der Waals surface area contributed by atoms with Gasteiger partial charge in [0.2, 0.25) is 0 Å². The van der Waals surface area contributed by atoms with Crippen molar-refractivity contribution in [1.82, 2.24) is 10.2 Å². The fourth-order valence-corrected chi connectivity index (χ4v) is 4.16. The highest BCUT2D eigenvalue weighted by molar-refractivity contribution is 5.01. The average Bonchev–Trinajstić information content (AvgIpc) is 3.30. The van der Waals surface area contributed by atoms with E-state index in [2.05, 4.69) is 30.1 Å². The Morgan fingerprint density at radius 2 is 1.80 bits per heavy atom. The maximum Gasteiger partial charge on any atom is 0.0252 e. The summed E-state index contributed by atoms with van der Waals surface area (Å²) in [7, 11) is 0. The van der Waals surface area contributed by atoms with E-state index < -0.39 is 0 Å². The molecule has 2 heteroatoms. The second-order valence-corrected chi connectivity index (χ2v) is 7.55. The number of piperazine rings is 1. The summed E-state index contributed by atoms with van der Waals surface area (Å²) in [5.41, 5.74) is 1.47. The number of hydrogen-bond donors (Lipinski definition) is 1. The first kappa shape index (κ1) is 14.6. The summed E-state index contributed by atoms with van der Waals surface area (Å²) in [6, 6.07) is 1.57. The molecule has 0 amide bonds. The van der Waals surface area contributed by atoms with Gasteiger partial charge in [-0.25, -0.2) is 0 Å². The Kier molecular flexibility index (Phi) is 4.83. The van der Waals surface area contributed by atoms with Crippen molar-refractivity contribution < 1.29 is 0 Å². The zero-order valence-corrected chi connectivity index (χ0v) is 13.4. The topological polar surface area (TPSA) is 15.3 Å². The van der Waals surface area contributed by atoms with Gasteiger partial charge in [0, 0.05) is 31.7 Å². The maximum absolute atomic E-state index is 3.92. The van der Waals surface area contributed by atoms with E-state index in [9.17, 15) is 0 Å². The molecule has 1 saturated heterocycles. The maximum atomic E-state index is 3.92. The molecule has 2 unspecified atom stereocenters. The van der Waals surface area contributed by atoms with Crippen LogP contribution in [-0.2, 0) is 0 Å². The molecule has 3 fully saturated rings. The molecule has 0 aromatic carbocycles. The molecule has 0 radical (unpaired) electrons. The largest absolute Gasteiger partial charge is 0.311 e. The van der Waals surface area contributed by atoms with Crippen LogP contribution in [0.2, 0.25) is 0 Å². The highest BCUT2D eigenvalue weighted by atomic mass is 15.2. The van der Waals surface area contributed by atoms with Crippen molar-refractivity contribution in [2.75, 3.05) is 19.6 Å². The van der Waals surface area contributed by atoms with Gasteiger partial charge in [-0.3, -0.25) is 4.90 Å². The summed E-state index contributed by atoms with van der Waals surface area (Å²) in [5, 5.41) is 3.92. The Bertz CT molecular complexity index is 335. The second-order valence-electron chi connectivity index (χ2n) is 7.55. The molecule has 3 aliphatic rings. The van der Waals surface area contributed by atoms with Crippen LogP contribution in [0.1, 0.15) is 58.8 Å². The van der Waals surface area contributed by atoms with Gasteiger partial charge in [-0.2, -0.15) is 0 Å². The van der Waals surface area contributed by atoms with Crippen LogP contribution < -0.4 is 5.32 Å². The molecule has 114 valence electrons. The van der Waals surface area contributed by atoms with Crippen molar-refractivity contribution in [1.29, 1.82) is 0 Å². The smallest absolute Gasteiger partial charge is 0.0252 e. The van der Waals surface area contributed by atoms with E-state index in [1.165, 1.54) is 70.2 Å². The first-order valence-corrected chi connectivity index (χ1v) is 8.85. The summed E-state index contributed by atoms with van der Waals surface area (Å²) in [6.07, 6.45) is 12.7. The summed E-state index contributed by atoms with van der Waals surface area (Å²) in [4.78, 5) is 2.79. The highest BCUT2D eigenvalue weighted by Gasteiger charge is 2.39. The van der Waals surface area contributed by atoms with Gasteiger partial charge in [-0.15, -0.1) is 0 Å². The van der Waals surface area contributed by atoms with E-state index >= 15 is 0 Å². The van der Waals surface area contributed by atoms with Gasteiger partial charge < -0.3 is 5.32 Å². The molecule has 1 N–H and O–H groups in total. The van der Waals surface area contributed by atoms with Crippen LogP contribution in [0.3, 0.4) is 0 Å². The van der Waals surface area contributed by atoms with E-state index in [0.717, 1.165) is 23.9 Å². The number of hydrogen-bond acceptors (Lipinski definition) is 2. The van der Waals surface area contributed by atoms with Crippen LogP contribution in [0, 0.1) is 11.8 Å². The predicted octanol–water partition coefficient (Wildman–Crippen LogP) is 3.59. The second kappa shape index (κ2) is 6.62. The monoisotopic (exact) mass is 276 g/mol. The lowest BCUT2D eigenvalue weighted by Gasteiger charge is -2.44. The molecule has 2 nitrogen and oxygen atoms in total. The number of allylic oxidation sites excluding steroid dienone is 1. The van der Waals surface area contributed by atoms with E-state index in [0.29, 0.717) is 0 Å². The van der Waals surface area contributed by atoms with Gasteiger partial charge in [-0.05, 0) is 51.4 Å². The van der Waals surface area contributed by atoms with E-state index in [1.54, 1.807) is 0 Å². The molecule has 20 heavy (non-hydrogen) atoms. The normalized spacial score (nSPS) is 33.1. The summed E-state index contributed by atoms with van der Waals surface area (Å²) in [5.74, 6) is 1.93. The SMILES string of the molecule is CC(C)=CCN1CC(C2CCCCC2)NCC1C1CC1. The number of nitrogens with one attached hydrogen (secondary N) is 1. The molecule has 1 aliphatic heterocycles. The molecule has 0 spiro atoms. The van der Waals surface area contributed by atoms with Crippen molar-refractivity contribution in [2.45, 2.75) is 70.9 Å². The van der Waals surface area contributed by atoms with Gasteiger partial charge in [0.25, 0.3) is 0 Å². The summed E-state index contributed by atoms with van der Waals surface area (Å²) in [6.45, 7) is 8.16. The zero-order valence-electron chi connectivity index (χ0n) is 13.4. The van der Waals surface area contributed by atoms with Crippen molar-refractivity contribution in [2.24, 2.45) is 11.8 Å². The van der Waals surface area contributed by atoms with Crippen LogP contribution in [0.5, 0.6) is 0 Å². The Balaban J connectivity index is 1.60. The Labute approximate surface area is 125 Å². The van der Waals surface area contributed by atoms with Gasteiger partial charge in [-0.1, -0.05) is 30.9 Å². The fraction of sp³-hybridized carbons (Fsp3) is 0.889. The molecule has 2 saturated carbocycles. The van der Waals surface area contributed by atoms with Crippen LogP contribution in [0.15, 0.2) is 11.6 Å². The predicted molar refractivity (Wildman–Crippen MR) is 85.9 cm³/mol. The number of rotatable bonds is 4. The minimum atomic E-state index is 0.760. The van der Waals surface area contributed by atoms with Crippen LogP contribution in [0.25, 0.3) is 0 Å². The summed E-state index contributed by atoms with van der Waals surface area (Å²) < 4.78 is 0. The lowest BCUT2D eigenvalue weighted by atomic mass is 9.82. The molecular weight excluding hydrogens is 244 g/mol. The lowest BCUT2D eigenvalue weighted by Crippen LogP contribution is -2.59. The van der Waals surface area contributed by atoms with Gasteiger partial charge >= 0.3 is 0 Å². The molecule has 2 atom stereocenters. The molecule has 2 aliphatic carbocycles. The van der Waals surface area contributed by atoms with Crippen molar-refractivity contribution in [3.05, 3.63) is 11.6 Å². The molecule has 0 aromatic heterocycles. The molecule has 1 heterocycles. The zero-order chi connectivity index (χ0) is 13.9. The number of nitrogens with zero attached hydrogens (tertiary/aromatic N) is 1. The highest BCUT2D eigenvalue weighted by Crippen LogP contribution is 2.37. The Morgan fingerprint density at radius 1 is 1.05 bits per heavy atom. The van der Waals surface area contributed by atoms with Crippen LogP contribution in [-0.4, -0.2) is 36.6 Å². The minimum absolute atomic E-state index is 0.760. The van der Waals surface area contributed by atoms with Gasteiger partial charge in [0.05, 0.1) is 0 Å². The molecular formula is C18H32N2. The quantitative estimate of drug-likeness (QED) is 0.790. The van der Waals surface area contributed by atoms with E-state index in [-0.39, 0.29) is 0 Å². The first-order chi connectivity index (χ1) is 9.74. The Hall–Kier alpha value is -0.340. The Morgan fingerprint density at radius 3 is 2.45 bits per heavy atom. The first-order valence-electron chi connectivity index (χ1n) is 8.85. The van der Waals surface area contributed by atoms with Crippen molar-refractivity contribution >= 4 is 0 Å². The van der Waals surface area contributed by atoms with Crippen LogP contribution in [0.4, 0.5) is 0 Å². The van der Waals surface area contributed by atoms with Gasteiger partial charge in [0.1, 0.15) is 0 Å². The van der Waals surface area contributed by atoms with Crippen LogP contribution >= 0.6 is 0 Å². The average molecular weight is 276 g/mol. The molecule has 0 bridgehead atoms. The van der Waals surface area contributed by atoms with Crippen molar-refractivity contribution in [3.8, 4) is 0 Å². The minimum Gasteiger partial charge on any atom is -0.311 e. The third kappa shape index (κ3) is 3.65. The van der Waals surface area contributed by atoms with Crippen molar-refractivity contribution in [3.63, 3.8) is 0 Å². The standard InChI is InChI=1S/C18H32N2/c1-14(2)10-11-20-13-17(15-6-4-3-5-7-15)19-12-18(20)16-8-9-16/h10,15-19H,3-9,11-13H2,1-2H3. The third-order valence-electron chi connectivity index (χ3n) is 5.61.